The summed E-state index contributed by atoms with van der Waals surface area (Å²) in [5, 5.41) is 9.81. The van der Waals surface area contributed by atoms with E-state index in [9.17, 15) is 14.7 Å². The average Bonchev–Trinajstić information content (AvgIpc) is 2.69. The van der Waals surface area contributed by atoms with Gasteiger partial charge in [-0.3, -0.25) is 14.0 Å². The molecule has 1 aliphatic rings. The summed E-state index contributed by atoms with van der Waals surface area (Å²) >= 11 is 0. The third kappa shape index (κ3) is 3.43. The zero-order chi connectivity index (χ0) is 19.7. The second-order valence-electron chi connectivity index (χ2n) is 6.99. The van der Waals surface area contributed by atoms with Gasteiger partial charge in [-0.25, -0.2) is 4.98 Å². The molecule has 1 aromatic carbocycles. The molecule has 0 unspecified atom stereocenters. The van der Waals surface area contributed by atoms with Crippen molar-refractivity contribution in [1.82, 2.24) is 14.3 Å². The number of ether oxygens (including phenoxy) is 1. The number of aryl methyl sites for hydroxylation is 1. The van der Waals surface area contributed by atoms with Crippen LogP contribution in [-0.4, -0.2) is 44.5 Å². The van der Waals surface area contributed by atoms with E-state index in [0.29, 0.717) is 25.9 Å². The van der Waals surface area contributed by atoms with Crippen molar-refractivity contribution in [2.24, 2.45) is 0 Å². The van der Waals surface area contributed by atoms with Crippen LogP contribution < -0.4 is 10.3 Å². The van der Waals surface area contributed by atoms with Crippen LogP contribution >= 0.6 is 0 Å². The van der Waals surface area contributed by atoms with Crippen LogP contribution in [0.5, 0.6) is 11.5 Å². The molecule has 1 saturated heterocycles. The van der Waals surface area contributed by atoms with Crippen LogP contribution in [-0.2, 0) is 0 Å². The summed E-state index contributed by atoms with van der Waals surface area (Å²) in [6.45, 7) is 3.04. The third-order valence-corrected chi connectivity index (χ3v) is 4.96. The molecule has 144 valence electrons. The number of aromatic nitrogens is 2. The minimum Gasteiger partial charge on any atom is -0.504 e. The lowest BCUT2D eigenvalue weighted by molar-refractivity contribution is 0.0593. The molecule has 0 bridgehead atoms. The Balaban J connectivity index is 1.46. The summed E-state index contributed by atoms with van der Waals surface area (Å²) in [5.41, 5.74) is 0.792. The first-order valence-corrected chi connectivity index (χ1v) is 9.25. The van der Waals surface area contributed by atoms with Gasteiger partial charge in [0, 0.05) is 38.3 Å². The van der Waals surface area contributed by atoms with Gasteiger partial charge in [0.2, 0.25) is 0 Å². The van der Waals surface area contributed by atoms with Gasteiger partial charge < -0.3 is 14.7 Å². The van der Waals surface area contributed by atoms with Crippen molar-refractivity contribution in [3.05, 3.63) is 70.3 Å². The van der Waals surface area contributed by atoms with Gasteiger partial charge in [-0.2, -0.15) is 0 Å². The number of hydrogen-bond donors (Lipinski definition) is 1. The second kappa shape index (κ2) is 7.34. The zero-order valence-corrected chi connectivity index (χ0v) is 15.5. The molecule has 7 heteroatoms. The molecule has 0 radical (unpaired) electrons. The fourth-order valence-corrected chi connectivity index (χ4v) is 3.47. The molecule has 1 amide bonds. The molecule has 7 nitrogen and oxygen atoms in total. The molecule has 0 saturated carbocycles. The third-order valence-electron chi connectivity index (χ3n) is 4.96. The topological polar surface area (TPSA) is 84.1 Å². The van der Waals surface area contributed by atoms with Gasteiger partial charge in [0.1, 0.15) is 17.4 Å². The van der Waals surface area contributed by atoms with E-state index >= 15 is 0 Å². The standard InChI is InChI=1S/C21H21N3O4/c1-14-4-2-5-16(12-14)28-15-7-10-23(11-8-15)20(26)17-13-22-19-18(25)6-3-9-24(19)21(17)27/h2-6,9,12-13,15,25H,7-8,10-11H2,1H3. The Kier molecular flexibility index (Phi) is 4.73. The van der Waals surface area contributed by atoms with Crippen molar-refractivity contribution in [1.29, 1.82) is 0 Å². The van der Waals surface area contributed by atoms with Gasteiger partial charge in [-0.05, 0) is 36.8 Å². The first-order chi connectivity index (χ1) is 13.5. The lowest BCUT2D eigenvalue weighted by atomic mass is 10.1. The largest absolute Gasteiger partial charge is 0.504 e. The number of pyridine rings is 1. The Labute approximate surface area is 161 Å². The van der Waals surface area contributed by atoms with Crippen LogP contribution in [0.15, 0.2) is 53.6 Å². The molecule has 3 heterocycles. The summed E-state index contributed by atoms with van der Waals surface area (Å²) in [7, 11) is 0. The summed E-state index contributed by atoms with van der Waals surface area (Å²) in [6.07, 6.45) is 4.17. The maximum absolute atomic E-state index is 12.8. The first-order valence-electron chi connectivity index (χ1n) is 9.25. The van der Waals surface area contributed by atoms with Crippen LogP contribution in [0.3, 0.4) is 0 Å². The molecule has 1 fully saturated rings. The highest BCUT2D eigenvalue weighted by Gasteiger charge is 2.27. The monoisotopic (exact) mass is 379 g/mol. The van der Waals surface area contributed by atoms with E-state index < -0.39 is 5.56 Å². The number of hydrogen-bond acceptors (Lipinski definition) is 5. The number of carbonyl (C=O) groups excluding carboxylic acids is 1. The van der Waals surface area contributed by atoms with E-state index in [-0.39, 0.29) is 29.0 Å². The number of aromatic hydroxyl groups is 1. The van der Waals surface area contributed by atoms with Gasteiger partial charge >= 0.3 is 0 Å². The number of benzene rings is 1. The number of carbonyl (C=O) groups is 1. The molecular formula is C21H21N3O4. The molecule has 3 aromatic rings. The first kappa shape index (κ1) is 18.0. The SMILES string of the molecule is Cc1cccc(OC2CCN(C(=O)c3cnc4c(O)cccn4c3=O)CC2)c1. The highest BCUT2D eigenvalue weighted by atomic mass is 16.5. The van der Waals surface area contributed by atoms with Crippen molar-refractivity contribution >= 4 is 11.6 Å². The Morgan fingerprint density at radius 3 is 2.75 bits per heavy atom. The summed E-state index contributed by atoms with van der Waals surface area (Å²) in [5.74, 6) is 0.388. The van der Waals surface area contributed by atoms with E-state index in [1.807, 2.05) is 31.2 Å². The maximum atomic E-state index is 12.8. The zero-order valence-electron chi connectivity index (χ0n) is 15.5. The molecule has 2 aromatic heterocycles. The van der Waals surface area contributed by atoms with Crippen molar-refractivity contribution in [3.8, 4) is 11.5 Å². The highest BCUT2D eigenvalue weighted by molar-refractivity contribution is 5.93. The number of piperidine rings is 1. The molecule has 0 aliphatic carbocycles. The van der Waals surface area contributed by atoms with E-state index in [0.717, 1.165) is 11.3 Å². The summed E-state index contributed by atoms with van der Waals surface area (Å²) in [6, 6.07) is 10.9. The van der Waals surface area contributed by atoms with Gasteiger partial charge in [0.15, 0.2) is 11.4 Å². The number of fused-ring (bicyclic) bond motifs is 1. The highest BCUT2D eigenvalue weighted by Crippen LogP contribution is 2.21. The van der Waals surface area contributed by atoms with Crippen LogP contribution in [0.25, 0.3) is 5.65 Å². The van der Waals surface area contributed by atoms with Crippen LogP contribution in [0.4, 0.5) is 0 Å². The van der Waals surface area contributed by atoms with Gasteiger partial charge in [-0.1, -0.05) is 12.1 Å². The van der Waals surface area contributed by atoms with Crippen LogP contribution in [0.2, 0.25) is 0 Å². The summed E-state index contributed by atoms with van der Waals surface area (Å²) < 4.78 is 7.21. The normalized spacial score (nSPS) is 15.0. The lowest BCUT2D eigenvalue weighted by Gasteiger charge is -2.32. The van der Waals surface area contributed by atoms with Gasteiger partial charge in [0.05, 0.1) is 0 Å². The second-order valence-corrected chi connectivity index (χ2v) is 6.99. The van der Waals surface area contributed by atoms with E-state index in [2.05, 4.69) is 4.98 Å². The number of rotatable bonds is 3. The van der Waals surface area contributed by atoms with Crippen molar-refractivity contribution in [2.75, 3.05) is 13.1 Å². The molecule has 0 atom stereocenters. The molecule has 1 aliphatic heterocycles. The molecular weight excluding hydrogens is 358 g/mol. The van der Waals surface area contributed by atoms with Gasteiger partial charge in [0.25, 0.3) is 11.5 Å². The Bertz CT molecular complexity index is 1080. The van der Waals surface area contributed by atoms with E-state index in [1.54, 1.807) is 4.90 Å². The van der Waals surface area contributed by atoms with Crippen molar-refractivity contribution < 1.29 is 14.6 Å². The fraction of sp³-hybridized carbons (Fsp3) is 0.286. The number of likely N-dealkylation sites (tertiary alicyclic amines) is 1. The van der Waals surface area contributed by atoms with E-state index in [4.69, 9.17) is 4.74 Å². The Hall–Kier alpha value is -3.35. The summed E-state index contributed by atoms with van der Waals surface area (Å²) in [4.78, 5) is 31.2. The minimum atomic E-state index is -0.482. The quantitative estimate of drug-likeness (QED) is 0.755. The maximum Gasteiger partial charge on any atom is 0.270 e. The number of amides is 1. The Morgan fingerprint density at radius 2 is 2.00 bits per heavy atom. The predicted octanol–water partition coefficient (Wildman–Crippen LogP) is 2.39. The fourth-order valence-electron chi connectivity index (χ4n) is 3.47. The van der Waals surface area contributed by atoms with E-state index in [1.165, 1.54) is 28.9 Å². The molecule has 0 spiro atoms. The van der Waals surface area contributed by atoms with Gasteiger partial charge in [-0.15, -0.1) is 0 Å². The van der Waals surface area contributed by atoms with Crippen LogP contribution in [0, 0.1) is 6.92 Å². The smallest absolute Gasteiger partial charge is 0.270 e. The van der Waals surface area contributed by atoms with Crippen LogP contribution in [0.1, 0.15) is 28.8 Å². The molecule has 28 heavy (non-hydrogen) atoms. The number of nitrogens with zero attached hydrogens (tertiary/aromatic N) is 3. The lowest BCUT2D eigenvalue weighted by Crippen LogP contribution is -2.43. The average molecular weight is 379 g/mol. The Morgan fingerprint density at radius 1 is 1.21 bits per heavy atom. The van der Waals surface area contributed by atoms with Crippen molar-refractivity contribution in [3.63, 3.8) is 0 Å². The predicted molar refractivity (Wildman–Crippen MR) is 104 cm³/mol. The molecule has 4 rings (SSSR count). The molecule has 1 N–H and O–H groups in total. The van der Waals surface area contributed by atoms with Crippen molar-refractivity contribution in [2.45, 2.75) is 25.9 Å². The minimum absolute atomic E-state index is 0.00107.